The van der Waals surface area contributed by atoms with Gasteiger partial charge in [0.15, 0.2) is 0 Å². The van der Waals surface area contributed by atoms with Crippen molar-refractivity contribution in [3.63, 3.8) is 0 Å². The van der Waals surface area contributed by atoms with Crippen LogP contribution in [0.25, 0.3) is 17.0 Å². The molecule has 0 aliphatic carbocycles. The maximum absolute atomic E-state index is 13.7. The summed E-state index contributed by atoms with van der Waals surface area (Å²) in [6.07, 6.45) is 6.49. The SMILES string of the molecule is COc1ccc2nccc(NC(=O)C3CCC(NCC=Cc4cc(F)ccc4F)CN3)c2c1. The molecule has 1 fully saturated rings. The predicted molar refractivity (Wildman–Crippen MR) is 125 cm³/mol. The third-order valence-electron chi connectivity index (χ3n) is 5.72. The van der Waals surface area contributed by atoms with Gasteiger partial charge in [0.05, 0.1) is 24.4 Å². The Morgan fingerprint density at radius 1 is 1.21 bits per heavy atom. The number of pyridine rings is 1. The number of hydrogen-bond acceptors (Lipinski definition) is 5. The van der Waals surface area contributed by atoms with Gasteiger partial charge in [-0.3, -0.25) is 9.78 Å². The average Bonchev–Trinajstić information content (AvgIpc) is 2.84. The summed E-state index contributed by atoms with van der Waals surface area (Å²) >= 11 is 0. The second-order valence-electron chi connectivity index (χ2n) is 7.94. The van der Waals surface area contributed by atoms with Crippen LogP contribution in [0.15, 0.2) is 54.7 Å². The molecule has 0 saturated carbocycles. The minimum absolute atomic E-state index is 0.0924. The summed E-state index contributed by atoms with van der Waals surface area (Å²) in [6, 6.07) is 10.6. The number of nitrogens with zero attached hydrogens (tertiary/aromatic N) is 1. The molecule has 8 heteroatoms. The number of piperidine rings is 1. The van der Waals surface area contributed by atoms with Crippen LogP contribution in [0.1, 0.15) is 18.4 Å². The number of carbonyl (C=O) groups is 1. The first-order valence-electron chi connectivity index (χ1n) is 10.9. The molecule has 0 spiro atoms. The minimum Gasteiger partial charge on any atom is -0.497 e. The topological polar surface area (TPSA) is 75.3 Å². The lowest BCUT2D eigenvalue weighted by Crippen LogP contribution is -2.52. The van der Waals surface area contributed by atoms with Crippen LogP contribution in [-0.4, -0.2) is 43.2 Å². The van der Waals surface area contributed by atoms with E-state index in [0.717, 1.165) is 29.5 Å². The summed E-state index contributed by atoms with van der Waals surface area (Å²) in [7, 11) is 1.60. The molecule has 1 aromatic heterocycles. The largest absolute Gasteiger partial charge is 0.497 e. The fourth-order valence-electron chi connectivity index (χ4n) is 3.90. The number of hydrogen-bond donors (Lipinski definition) is 3. The summed E-state index contributed by atoms with van der Waals surface area (Å²) in [5.41, 5.74) is 1.69. The van der Waals surface area contributed by atoms with Crippen LogP contribution in [0, 0.1) is 11.6 Å². The normalized spacial score (nSPS) is 18.5. The summed E-state index contributed by atoms with van der Waals surface area (Å²) in [5.74, 6) is -0.319. The van der Waals surface area contributed by atoms with E-state index in [2.05, 4.69) is 20.9 Å². The van der Waals surface area contributed by atoms with Crippen LogP contribution in [-0.2, 0) is 4.79 Å². The Labute approximate surface area is 191 Å². The van der Waals surface area contributed by atoms with Crippen molar-refractivity contribution < 1.29 is 18.3 Å². The number of aromatic nitrogens is 1. The number of ether oxygens (including phenoxy) is 1. The van der Waals surface area contributed by atoms with Crippen molar-refractivity contribution >= 4 is 28.6 Å². The van der Waals surface area contributed by atoms with Gasteiger partial charge in [-0.2, -0.15) is 0 Å². The Morgan fingerprint density at radius 3 is 2.88 bits per heavy atom. The van der Waals surface area contributed by atoms with Crippen LogP contribution in [0.2, 0.25) is 0 Å². The Balaban J connectivity index is 1.28. The zero-order chi connectivity index (χ0) is 23.2. The van der Waals surface area contributed by atoms with Crippen molar-refractivity contribution in [1.82, 2.24) is 15.6 Å². The van der Waals surface area contributed by atoms with Gasteiger partial charge in [0.25, 0.3) is 0 Å². The van der Waals surface area contributed by atoms with Gasteiger partial charge >= 0.3 is 0 Å². The Kier molecular flexibility index (Phi) is 7.26. The van der Waals surface area contributed by atoms with E-state index in [1.165, 1.54) is 6.07 Å². The average molecular weight is 453 g/mol. The number of rotatable bonds is 7. The lowest BCUT2D eigenvalue weighted by atomic mass is 10.00. The molecule has 2 unspecified atom stereocenters. The molecule has 1 saturated heterocycles. The molecule has 2 aromatic carbocycles. The number of amides is 1. The van der Waals surface area contributed by atoms with Gasteiger partial charge in [0.1, 0.15) is 17.4 Å². The van der Waals surface area contributed by atoms with Crippen molar-refractivity contribution in [1.29, 1.82) is 0 Å². The van der Waals surface area contributed by atoms with Gasteiger partial charge in [-0.1, -0.05) is 12.2 Å². The van der Waals surface area contributed by atoms with Crippen LogP contribution in [0.5, 0.6) is 5.75 Å². The molecule has 4 rings (SSSR count). The van der Waals surface area contributed by atoms with Crippen molar-refractivity contribution in [2.24, 2.45) is 0 Å². The van der Waals surface area contributed by atoms with Gasteiger partial charge < -0.3 is 20.7 Å². The third kappa shape index (κ3) is 5.71. The van der Waals surface area contributed by atoms with Gasteiger partial charge in [-0.15, -0.1) is 0 Å². The number of fused-ring (bicyclic) bond motifs is 1. The minimum atomic E-state index is -0.469. The van der Waals surface area contributed by atoms with Gasteiger partial charge in [0.2, 0.25) is 5.91 Å². The van der Waals surface area contributed by atoms with Crippen LogP contribution < -0.4 is 20.7 Å². The highest BCUT2D eigenvalue weighted by atomic mass is 19.1. The van der Waals surface area contributed by atoms with E-state index in [1.54, 1.807) is 31.5 Å². The highest BCUT2D eigenvalue weighted by Crippen LogP contribution is 2.26. The molecule has 172 valence electrons. The quantitative estimate of drug-likeness (QED) is 0.507. The first kappa shape index (κ1) is 22.8. The number of nitrogens with one attached hydrogen (secondary N) is 3. The Morgan fingerprint density at radius 2 is 2.09 bits per heavy atom. The standard InChI is InChI=1S/C25H26F2N4O2/c1-33-19-6-9-22-20(14-19)23(10-12-29-22)31-25(32)24-8-5-18(15-30-24)28-11-2-3-16-13-17(26)4-7-21(16)27/h2-4,6-7,9-10,12-14,18,24,28,30H,5,8,11,15H2,1H3,(H,29,31,32). The molecule has 0 radical (unpaired) electrons. The number of anilines is 1. The van der Waals surface area contributed by atoms with Crippen molar-refractivity contribution in [2.75, 3.05) is 25.5 Å². The highest BCUT2D eigenvalue weighted by molar-refractivity contribution is 6.03. The van der Waals surface area contributed by atoms with E-state index in [4.69, 9.17) is 4.74 Å². The van der Waals surface area contributed by atoms with Crippen LogP contribution >= 0.6 is 0 Å². The van der Waals surface area contributed by atoms with Crippen LogP contribution in [0.4, 0.5) is 14.5 Å². The number of carbonyl (C=O) groups excluding carboxylic acids is 1. The molecule has 1 amide bonds. The van der Waals surface area contributed by atoms with E-state index < -0.39 is 11.6 Å². The monoisotopic (exact) mass is 452 g/mol. The Hall–Kier alpha value is -3.36. The maximum Gasteiger partial charge on any atom is 0.241 e. The first-order chi connectivity index (χ1) is 16.0. The summed E-state index contributed by atoms with van der Waals surface area (Å²) < 4.78 is 32.2. The number of halogens is 2. The fourth-order valence-corrected chi connectivity index (χ4v) is 3.90. The van der Waals surface area contributed by atoms with Crippen molar-refractivity contribution in [3.8, 4) is 5.75 Å². The summed E-state index contributed by atoms with van der Waals surface area (Å²) in [4.78, 5) is 17.2. The van der Waals surface area contributed by atoms with E-state index in [1.807, 2.05) is 18.2 Å². The summed E-state index contributed by atoms with van der Waals surface area (Å²) in [6.45, 7) is 1.15. The zero-order valence-electron chi connectivity index (χ0n) is 18.3. The molecule has 2 heterocycles. The lowest BCUT2D eigenvalue weighted by Gasteiger charge is -2.29. The maximum atomic E-state index is 13.7. The third-order valence-corrected chi connectivity index (χ3v) is 5.72. The molecule has 1 aliphatic heterocycles. The molecule has 3 N–H and O–H groups in total. The zero-order valence-corrected chi connectivity index (χ0v) is 18.3. The molecule has 6 nitrogen and oxygen atoms in total. The van der Waals surface area contributed by atoms with Gasteiger partial charge in [-0.25, -0.2) is 8.78 Å². The van der Waals surface area contributed by atoms with E-state index in [9.17, 15) is 13.6 Å². The molecule has 3 aromatic rings. The first-order valence-corrected chi connectivity index (χ1v) is 10.9. The smallest absolute Gasteiger partial charge is 0.241 e. The van der Waals surface area contributed by atoms with E-state index in [-0.39, 0.29) is 23.6 Å². The predicted octanol–water partition coefficient (Wildman–Crippen LogP) is 3.88. The number of methoxy groups -OCH3 is 1. The second kappa shape index (κ2) is 10.5. The molecule has 0 bridgehead atoms. The fraction of sp³-hybridized carbons (Fsp3) is 0.280. The Bertz CT molecular complexity index is 1160. The van der Waals surface area contributed by atoms with Crippen molar-refractivity contribution in [2.45, 2.75) is 24.9 Å². The molecule has 2 atom stereocenters. The second-order valence-corrected chi connectivity index (χ2v) is 7.94. The highest BCUT2D eigenvalue weighted by Gasteiger charge is 2.25. The van der Waals surface area contributed by atoms with Gasteiger partial charge in [-0.05, 0) is 55.3 Å². The van der Waals surface area contributed by atoms with E-state index >= 15 is 0 Å². The lowest BCUT2D eigenvalue weighted by molar-refractivity contribution is -0.118. The summed E-state index contributed by atoms with van der Waals surface area (Å²) in [5, 5.41) is 10.5. The molecular formula is C25H26F2N4O2. The molecule has 33 heavy (non-hydrogen) atoms. The van der Waals surface area contributed by atoms with E-state index in [0.29, 0.717) is 30.9 Å². The molecular weight excluding hydrogens is 426 g/mol. The number of benzene rings is 2. The van der Waals surface area contributed by atoms with Crippen LogP contribution in [0.3, 0.4) is 0 Å². The van der Waals surface area contributed by atoms with Crippen molar-refractivity contribution in [3.05, 3.63) is 71.9 Å². The van der Waals surface area contributed by atoms with Gasteiger partial charge in [0, 0.05) is 36.3 Å². The molecule has 1 aliphatic rings.